The Labute approximate surface area is 103 Å². The van der Waals surface area contributed by atoms with E-state index in [4.69, 9.17) is 0 Å². The summed E-state index contributed by atoms with van der Waals surface area (Å²) in [4.78, 5) is 25.3. The number of ketones is 1. The third-order valence-electron chi connectivity index (χ3n) is 3.35. The van der Waals surface area contributed by atoms with Crippen molar-refractivity contribution in [2.75, 3.05) is 0 Å². The number of hydrogen-bond donors (Lipinski definition) is 1. The van der Waals surface area contributed by atoms with Gasteiger partial charge < -0.3 is 4.98 Å². The second kappa shape index (κ2) is 3.94. The van der Waals surface area contributed by atoms with Crippen LogP contribution in [0.15, 0.2) is 24.4 Å². The van der Waals surface area contributed by atoms with E-state index in [-0.39, 0.29) is 11.5 Å². The van der Waals surface area contributed by atoms with Gasteiger partial charge in [-0.1, -0.05) is 0 Å². The van der Waals surface area contributed by atoms with E-state index in [1.807, 2.05) is 0 Å². The first-order valence-corrected chi connectivity index (χ1v) is 5.94. The van der Waals surface area contributed by atoms with Crippen molar-refractivity contribution in [2.45, 2.75) is 19.3 Å². The molecule has 1 aliphatic rings. The molecule has 18 heavy (non-hydrogen) atoms. The molecule has 5 nitrogen and oxygen atoms in total. The Kier molecular flexibility index (Phi) is 2.40. The summed E-state index contributed by atoms with van der Waals surface area (Å²) in [6.07, 6.45) is 4.44. The maximum Gasteiger partial charge on any atom is 0.270 e. The van der Waals surface area contributed by atoms with Gasteiger partial charge in [-0.15, -0.1) is 0 Å². The maximum atomic E-state index is 12.1. The van der Waals surface area contributed by atoms with Crippen molar-refractivity contribution in [3.05, 3.63) is 40.1 Å². The van der Waals surface area contributed by atoms with Gasteiger partial charge in [0, 0.05) is 41.2 Å². The molecule has 0 unspecified atom stereocenters. The highest BCUT2D eigenvalue weighted by molar-refractivity contribution is 6.08. The predicted octanol–water partition coefficient (Wildman–Crippen LogP) is 3.06. The van der Waals surface area contributed by atoms with E-state index in [0.717, 1.165) is 18.4 Å². The molecule has 0 aliphatic heterocycles. The highest BCUT2D eigenvalue weighted by atomic mass is 16.6. The van der Waals surface area contributed by atoms with Gasteiger partial charge >= 0.3 is 0 Å². The minimum Gasteiger partial charge on any atom is -0.360 e. The van der Waals surface area contributed by atoms with Crippen LogP contribution in [0.1, 0.15) is 29.6 Å². The molecule has 92 valence electrons. The van der Waals surface area contributed by atoms with E-state index in [1.165, 1.54) is 12.1 Å². The first kappa shape index (κ1) is 11.0. The first-order valence-electron chi connectivity index (χ1n) is 5.94. The number of nitrogens with zero attached hydrogens (tertiary/aromatic N) is 1. The van der Waals surface area contributed by atoms with E-state index in [9.17, 15) is 14.9 Å². The maximum absolute atomic E-state index is 12.1. The lowest BCUT2D eigenvalue weighted by Gasteiger charge is -1.98. The van der Waals surface area contributed by atoms with Gasteiger partial charge in [-0.05, 0) is 24.8 Å². The molecule has 0 spiro atoms. The molecule has 0 saturated heterocycles. The third-order valence-corrected chi connectivity index (χ3v) is 3.35. The number of non-ortho nitro benzene ring substituents is 1. The minimum absolute atomic E-state index is 0.0163. The molecule has 1 fully saturated rings. The lowest BCUT2D eigenvalue weighted by Crippen LogP contribution is -1.99. The van der Waals surface area contributed by atoms with Crippen LogP contribution in [-0.4, -0.2) is 15.7 Å². The summed E-state index contributed by atoms with van der Waals surface area (Å²) in [7, 11) is 0. The quantitative estimate of drug-likeness (QED) is 0.510. The molecule has 1 aromatic heterocycles. The number of aromatic nitrogens is 1. The second-order valence-corrected chi connectivity index (χ2v) is 4.76. The molecule has 2 aromatic rings. The van der Waals surface area contributed by atoms with Crippen LogP contribution < -0.4 is 0 Å². The van der Waals surface area contributed by atoms with Crippen molar-refractivity contribution in [2.24, 2.45) is 5.92 Å². The number of carbonyl (C=O) groups is 1. The van der Waals surface area contributed by atoms with Crippen molar-refractivity contribution in [3.8, 4) is 0 Å². The number of nitro benzene ring substituents is 1. The zero-order valence-electron chi connectivity index (χ0n) is 9.68. The zero-order valence-corrected chi connectivity index (χ0v) is 9.68. The average Bonchev–Trinajstić information content (AvgIpc) is 3.05. The van der Waals surface area contributed by atoms with Gasteiger partial charge in [-0.3, -0.25) is 14.9 Å². The Hall–Kier alpha value is -2.17. The summed E-state index contributed by atoms with van der Waals surface area (Å²) in [6, 6.07) is 4.54. The summed E-state index contributed by atoms with van der Waals surface area (Å²) in [5, 5.41) is 11.4. The van der Waals surface area contributed by atoms with Crippen molar-refractivity contribution < 1.29 is 9.72 Å². The number of fused-ring (bicyclic) bond motifs is 1. The van der Waals surface area contributed by atoms with Crippen LogP contribution in [-0.2, 0) is 0 Å². The van der Waals surface area contributed by atoms with Gasteiger partial charge in [0.05, 0.1) is 4.92 Å². The fourth-order valence-electron chi connectivity index (χ4n) is 2.15. The van der Waals surface area contributed by atoms with Crippen LogP contribution in [0.4, 0.5) is 5.69 Å². The summed E-state index contributed by atoms with van der Waals surface area (Å²) in [6.45, 7) is 0. The number of nitro groups is 1. The highest BCUT2D eigenvalue weighted by Crippen LogP contribution is 2.34. The molecule has 0 radical (unpaired) electrons. The largest absolute Gasteiger partial charge is 0.360 e. The number of rotatable bonds is 4. The number of benzene rings is 1. The Morgan fingerprint density at radius 2 is 2.22 bits per heavy atom. The molecule has 0 atom stereocenters. The summed E-state index contributed by atoms with van der Waals surface area (Å²) in [5.74, 6) is 0.588. The lowest BCUT2D eigenvalue weighted by molar-refractivity contribution is -0.384. The van der Waals surface area contributed by atoms with Crippen LogP contribution in [0.3, 0.4) is 0 Å². The standard InChI is InChI=1S/C13H12N2O3/c16-13(5-8-1-2-8)11-7-14-12-4-3-9(15(17)18)6-10(11)12/h3-4,6-8,14H,1-2,5H2. The Bertz CT molecular complexity index is 641. The molecule has 1 aliphatic carbocycles. The molecule has 1 N–H and O–H groups in total. The first-order chi connectivity index (χ1) is 8.65. The van der Waals surface area contributed by atoms with Crippen LogP contribution >= 0.6 is 0 Å². The molecule has 0 amide bonds. The van der Waals surface area contributed by atoms with Crippen LogP contribution in [0, 0.1) is 16.0 Å². The predicted molar refractivity (Wildman–Crippen MR) is 66.6 cm³/mol. The zero-order chi connectivity index (χ0) is 12.7. The number of carbonyl (C=O) groups excluding carboxylic acids is 1. The van der Waals surface area contributed by atoms with Crippen LogP contribution in [0.5, 0.6) is 0 Å². The smallest absolute Gasteiger partial charge is 0.270 e. The third kappa shape index (κ3) is 1.88. The lowest BCUT2D eigenvalue weighted by atomic mass is 10.0. The molecular formula is C13H12N2O3. The van der Waals surface area contributed by atoms with Gasteiger partial charge in [-0.25, -0.2) is 0 Å². The fraction of sp³-hybridized carbons (Fsp3) is 0.308. The molecule has 1 saturated carbocycles. The normalized spacial score (nSPS) is 14.9. The number of hydrogen-bond acceptors (Lipinski definition) is 3. The van der Waals surface area contributed by atoms with E-state index < -0.39 is 4.92 Å². The summed E-state index contributed by atoms with van der Waals surface area (Å²) < 4.78 is 0. The van der Waals surface area contributed by atoms with Crippen molar-refractivity contribution in [3.63, 3.8) is 0 Å². The molecule has 3 rings (SSSR count). The number of aromatic amines is 1. The average molecular weight is 244 g/mol. The Morgan fingerprint density at radius 3 is 2.89 bits per heavy atom. The number of H-pyrrole nitrogens is 1. The molecular weight excluding hydrogens is 232 g/mol. The summed E-state index contributed by atoms with van der Waals surface area (Å²) >= 11 is 0. The molecule has 0 bridgehead atoms. The Balaban J connectivity index is 2.02. The topological polar surface area (TPSA) is 76.0 Å². The Morgan fingerprint density at radius 1 is 1.44 bits per heavy atom. The highest BCUT2D eigenvalue weighted by Gasteiger charge is 2.26. The van der Waals surface area contributed by atoms with E-state index in [0.29, 0.717) is 23.3 Å². The van der Waals surface area contributed by atoms with Gasteiger partial charge in [-0.2, -0.15) is 0 Å². The van der Waals surface area contributed by atoms with Gasteiger partial charge in [0.15, 0.2) is 5.78 Å². The number of Topliss-reactive ketones (excluding diaryl/α,β-unsaturated/α-hetero) is 1. The van der Waals surface area contributed by atoms with Crippen LogP contribution in [0.25, 0.3) is 10.9 Å². The SMILES string of the molecule is O=C(CC1CC1)c1c[nH]c2ccc([N+](=O)[O-])cc12. The molecule has 1 heterocycles. The minimum atomic E-state index is -0.443. The second-order valence-electron chi connectivity index (χ2n) is 4.76. The van der Waals surface area contributed by atoms with Gasteiger partial charge in [0.25, 0.3) is 5.69 Å². The van der Waals surface area contributed by atoms with E-state index in [2.05, 4.69) is 4.98 Å². The van der Waals surface area contributed by atoms with Gasteiger partial charge in [0.1, 0.15) is 0 Å². The van der Waals surface area contributed by atoms with Crippen molar-refractivity contribution in [1.82, 2.24) is 4.98 Å². The summed E-state index contributed by atoms with van der Waals surface area (Å²) in [5.41, 5.74) is 1.35. The van der Waals surface area contributed by atoms with Gasteiger partial charge in [0.2, 0.25) is 0 Å². The molecule has 5 heteroatoms. The van der Waals surface area contributed by atoms with Crippen molar-refractivity contribution >= 4 is 22.4 Å². The monoisotopic (exact) mass is 244 g/mol. The number of nitrogens with one attached hydrogen (secondary N) is 1. The van der Waals surface area contributed by atoms with Crippen LogP contribution in [0.2, 0.25) is 0 Å². The van der Waals surface area contributed by atoms with E-state index in [1.54, 1.807) is 12.3 Å². The fourth-order valence-corrected chi connectivity index (χ4v) is 2.15. The van der Waals surface area contributed by atoms with Crippen molar-refractivity contribution in [1.29, 1.82) is 0 Å². The molecule has 1 aromatic carbocycles. The van der Waals surface area contributed by atoms with E-state index >= 15 is 0 Å².